The molecule has 2 heterocycles. The van der Waals surface area contributed by atoms with Crippen LogP contribution in [-0.2, 0) is 6.54 Å². The highest BCUT2D eigenvalue weighted by Gasteiger charge is 2.13. The van der Waals surface area contributed by atoms with Gasteiger partial charge in [0.15, 0.2) is 5.82 Å². The third kappa shape index (κ3) is 2.58. The minimum absolute atomic E-state index is 0.00264. The zero-order valence-electron chi connectivity index (χ0n) is 12.3. The van der Waals surface area contributed by atoms with E-state index in [0.29, 0.717) is 11.9 Å². The van der Waals surface area contributed by atoms with Crippen LogP contribution in [0.4, 0.5) is 0 Å². The van der Waals surface area contributed by atoms with Gasteiger partial charge in [-0.3, -0.25) is 9.36 Å². The Morgan fingerprint density at radius 2 is 1.70 bits per heavy atom. The zero-order valence-corrected chi connectivity index (χ0v) is 13.2. The van der Waals surface area contributed by atoms with Crippen LogP contribution in [0.5, 0.6) is 0 Å². The normalized spacial score (nSPS) is 11.0. The van der Waals surface area contributed by atoms with Crippen LogP contribution < -0.4 is 5.56 Å². The van der Waals surface area contributed by atoms with Crippen LogP contribution >= 0.6 is 11.3 Å². The van der Waals surface area contributed by atoms with E-state index in [1.165, 1.54) is 0 Å². The van der Waals surface area contributed by atoms with E-state index in [-0.39, 0.29) is 5.56 Å². The van der Waals surface area contributed by atoms with E-state index in [2.05, 4.69) is 0 Å². The summed E-state index contributed by atoms with van der Waals surface area (Å²) < 4.78 is 1.77. The highest BCUT2D eigenvalue weighted by atomic mass is 32.1. The van der Waals surface area contributed by atoms with Crippen molar-refractivity contribution in [1.82, 2.24) is 9.55 Å². The quantitative estimate of drug-likeness (QED) is 0.568. The molecule has 0 saturated heterocycles. The Kier molecular flexibility index (Phi) is 3.52. The third-order valence-electron chi connectivity index (χ3n) is 3.79. The minimum Gasteiger partial charge on any atom is -0.287 e. The van der Waals surface area contributed by atoms with Crippen molar-refractivity contribution in [3.63, 3.8) is 0 Å². The van der Waals surface area contributed by atoms with Crippen molar-refractivity contribution < 1.29 is 0 Å². The second-order valence-corrected chi connectivity index (χ2v) is 6.25. The average Bonchev–Trinajstić information content (AvgIpc) is 3.13. The van der Waals surface area contributed by atoms with Crippen molar-refractivity contribution in [3.8, 4) is 10.7 Å². The molecule has 2 aromatic carbocycles. The van der Waals surface area contributed by atoms with Crippen molar-refractivity contribution in [3.05, 3.63) is 88.0 Å². The highest BCUT2D eigenvalue weighted by Crippen LogP contribution is 2.24. The van der Waals surface area contributed by atoms with Crippen molar-refractivity contribution in [2.75, 3.05) is 0 Å². The van der Waals surface area contributed by atoms with Crippen molar-refractivity contribution in [1.29, 1.82) is 0 Å². The molecule has 0 spiro atoms. The Morgan fingerprint density at radius 1 is 0.913 bits per heavy atom. The summed E-state index contributed by atoms with van der Waals surface area (Å²) in [6, 6.07) is 21.5. The fourth-order valence-electron chi connectivity index (χ4n) is 2.67. The summed E-state index contributed by atoms with van der Waals surface area (Å²) in [6.07, 6.45) is 0. The SMILES string of the molecule is O=c1c2ccccc2nc(-c2cccs2)n1Cc1ccccc1. The first-order valence-corrected chi connectivity index (χ1v) is 8.28. The van der Waals surface area contributed by atoms with E-state index in [9.17, 15) is 4.79 Å². The van der Waals surface area contributed by atoms with Crippen LogP contribution in [-0.4, -0.2) is 9.55 Å². The number of rotatable bonds is 3. The van der Waals surface area contributed by atoms with Crippen LogP contribution in [0.15, 0.2) is 76.9 Å². The fourth-order valence-corrected chi connectivity index (χ4v) is 3.40. The van der Waals surface area contributed by atoms with Gasteiger partial charge in [0.1, 0.15) is 0 Å². The van der Waals surface area contributed by atoms with Gasteiger partial charge in [-0.25, -0.2) is 4.98 Å². The number of fused-ring (bicyclic) bond motifs is 1. The van der Waals surface area contributed by atoms with Crippen molar-refractivity contribution in [2.24, 2.45) is 0 Å². The number of hydrogen-bond donors (Lipinski definition) is 0. The molecule has 0 amide bonds. The maximum atomic E-state index is 13.0. The first-order chi connectivity index (χ1) is 11.3. The van der Waals surface area contributed by atoms with Gasteiger partial charge in [0.05, 0.1) is 22.3 Å². The van der Waals surface area contributed by atoms with Crippen LogP contribution in [0.1, 0.15) is 5.56 Å². The standard InChI is InChI=1S/C19H14N2OS/c22-19-15-9-4-5-10-16(15)20-18(17-11-6-12-23-17)21(19)13-14-7-2-1-3-8-14/h1-12H,13H2. The Balaban J connectivity index is 1.98. The van der Waals surface area contributed by atoms with E-state index < -0.39 is 0 Å². The zero-order chi connectivity index (χ0) is 15.6. The van der Waals surface area contributed by atoms with E-state index in [1.54, 1.807) is 15.9 Å². The molecule has 2 aromatic heterocycles. The summed E-state index contributed by atoms with van der Waals surface area (Å²) in [7, 11) is 0. The number of aromatic nitrogens is 2. The molecular weight excluding hydrogens is 304 g/mol. The maximum absolute atomic E-state index is 13.0. The second-order valence-electron chi connectivity index (χ2n) is 5.31. The number of para-hydroxylation sites is 1. The van der Waals surface area contributed by atoms with Gasteiger partial charge < -0.3 is 0 Å². The predicted molar refractivity (Wildman–Crippen MR) is 94.9 cm³/mol. The van der Waals surface area contributed by atoms with E-state index in [0.717, 1.165) is 21.8 Å². The van der Waals surface area contributed by atoms with Crippen LogP contribution in [0.2, 0.25) is 0 Å². The van der Waals surface area contributed by atoms with Gasteiger partial charge >= 0.3 is 0 Å². The molecule has 0 unspecified atom stereocenters. The smallest absolute Gasteiger partial charge is 0.261 e. The molecule has 4 rings (SSSR count). The van der Waals surface area contributed by atoms with Gasteiger partial charge in [-0.2, -0.15) is 0 Å². The molecule has 0 aliphatic heterocycles. The van der Waals surface area contributed by atoms with Crippen LogP contribution in [0.25, 0.3) is 21.6 Å². The largest absolute Gasteiger partial charge is 0.287 e. The molecular formula is C19H14N2OS. The van der Waals surface area contributed by atoms with E-state index in [4.69, 9.17) is 4.98 Å². The summed E-state index contributed by atoms with van der Waals surface area (Å²) in [5.41, 5.74) is 1.83. The highest BCUT2D eigenvalue weighted by molar-refractivity contribution is 7.13. The van der Waals surface area contributed by atoms with E-state index in [1.807, 2.05) is 72.1 Å². The third-order valence-corrected chi connectivity index (χ3v) is 4.65. The molecule has 0 aliphatic rings. The molecule has 3 nitrogen and oxygen atoms in total. The predicted octanol–water partition coefficient (Wildman–Crippen LogP) is 4.17. The maximum Gasteiger partial charge on any atom is 0.261 e. The minimum atomic E-state index is 0.00264. The summed E-state index contributed by atoms with van der Waals surface area (Å²) in [4.78, 5) is 18.7. The van der Waals surface area contributed by atoms with E-state index >= 15 is 0 Å². The Bertz CT molecular complexity index is 1000. The Hall–Kier alpha value is -2.72. The molecule has 0 bridgehead atoms. The van der Waals surface area contributed by atoms with Gasteiger partial charge in [0.25, 0.3) is 5.56 Å². The Morgan fingerprint density at radius 3 is 2.48 bits per heavy atom. The summed E-state index contributed by atoms with van der Waals surface area (Å²) >= 11 is 1.60. The molecule has 0 aliphatic carbocycles. The van der Waals surface area contributed by atoms with Crippen LogP contribution in [0.3, 0.4) is 0 Å². The number of hydrogen-bond acceptors (Lipinski definition) is 3. The molecule has 0 atom stereocenters. The molecule has 23 heavy (non-hydrogen) atoms. The first-order valence-electron chi connectivity index (χ1n) is 7.40. The molecule has 0 saturated carbocycles. The van der Waals surface area contributed by atoms with Gasteiger partial charge in [-0.1, -0.05) is 48.5 Å². The molecule has 0 radical (unpaired) electrons. The molecule has 0 fully saturated rings. The van der Waals surface area contributed by atoms with Crippen LogP contribution in [0, 0.1) is 0 Å². The summed E-state index contributed by atoms with van der Waals surface area (Å²) in [5.74, 6) is 0.729. The second kappa shape index (κ2) is 5.82. The topological polar surface area (TPSA) is 34.9 Å². The Labute approximate surface area is 137 Å². The van der Waals surface area contributed by atoms with Gasteiger partial charge in [0.2, 0.25) is 0 Å². The molecule has 4 heteroatoms. The van der Waals surface area contributed by atoms with Crippen molar-refractivity contribution >= 4 is 22.2 Å². The molecule has 0 N–H and O–H groups in total. The molecule has 112 valence electrons. The number of thiophene rings is 1. The fraction of sp³-hybridized carbons (Fsp3) is 0.0526. The average molecular weight is 318 g/mol. The number of benzene rings is 2. The first kappa shape index (κ1) is 13.9. The van der Waals surface area contributed by atoms with Gasteiger partial charge in [-0.15, -0.1) is 11.3 Å². The van der Waals surface area contributed by atoms with Gasteiger partial charge in [-0.05, 0) is 29.1 Å². The monoisotopic (exact) mass is 318 g/mol. The van der Waals surface area contributed by atoms with Gasteiger partial charge in [0, 0.05) is 0 Å². The lowest BCUT2D eigenvalue weighted by Crippen LogP contribution is -2.23. The molecule has 4 aromatic rings. The number of nitrogens with zero attached hydrogens (tertiary/aromatic N) is 2. The lowest BCUT2D eigenvalue weighted by atomic mass is 10.2. The summed E-state index contributed by atoms with van der Waals surface area (Å²) in [5, 5.41) is 2.66. The lowest BCUT2D eigenvalue weighted by Gasteiger charge is -2.12. The summed E-state index contributed by atoms with van der Waals surface area (Å²) in [6.45, 7) is 0.519. The van der Waals surface area contributed by atoms with Crippen molar-refractivity contribution in [2.45, 2.75) is 6.54 Å². The lowest BCUT2D eigenvalue weighted by molar-refractivity contribution is 0.761.